The van der Waals surface area contributed by atoms with Gasteiger partial charge in [0.1, 0.15) is 0 Å². The third kappa shape index (κ3) is 3.10. The predicted octanol–water partition coefficient (Wildman–Crippen LogP) is 2.53. The van der Waals surface area contributed by atoms with E-state index in [0.29, 0.717) is 5.92 Å². The number of hydrogen-bond acceptors (Lipinski definition) is 3. The molecule has 1 aromatic rings. The second-order valence-corrected chi connectivity index (χ2v) is 6.32. The van der Waals surface area contributed by atoms with Crippen molar-refractivity contribution in [1.29, 1.82) is 0 Å². The Morgan fingerprint density at radius 3 is 2.61 bits per heavy atom. The molecule has 0 aliphatic heterocycles. The van der Waals surface area contributed by atoms with E-state index in [1.807, 2.05) is 0 Å². The van der Waals surface area contributed by atoms with Gasteiger partial charge in [-0.1, -0.05) is 31.5 Å². The molecule has 1 aliphatic carbocycles. The molecule has 1 atom stereocenters. The van der Waals surface area contributed by atoms with Gasteiger partial charge in [0.15, 0.2) is 0 Å². The molecule has 4 nitrogen and oxygen atoms in total. The molecular weight excluding hydrogens is 248 g/mol. The van der Waals surface area contributed by atoms with Crippen LogP contribution < -0.4 is 4.83 Å². The molecule has 1 saturated carbocycles. The highest BCUT2D eigenvalue weighted by Gasteiger charge is 2.18. The minimum atomic E-state index is -3.52. The Morgan fingerprint density at radius 1 is 1.22 bits per heavy atom. The van der Waals surface area contributed by atoms with Crippen LogP contribution in [0.15, 0.2) is 40.3 Å². The molecular formula is C13H18N2O2S. The highest BCUT2D eigenvalue weighted by molar-refractivity contribution is 7.89. The van der Waals surface area contributed by atoms with E-state index in [0.717, 1.165) is 25.0 Å². The Morgan fingerprint density at radius 2 is 1.94 bits per heavy atom. The molecule has 0 aromatic heterocycles. The predicted molar refractivity (Wildman–Crippen MR) is 71.8 cm³/mol. The maximum atomic E-state index is 12.0. The van der Waals surface area contributed by atoms with Gasteiger partial charge in [-0.15, -0.1) is 0 Å². The minimum Gasteiger partial charge on any atom is -0.200 e. The first-order chi connectivity index (χ1) is 8.59. The summed E-state index contributed by atoms with van der Waals surface area (Å²) in [4.78, 5) is 2.58. The van der Waals surface area contributed by atoms with Crippen molar-refractivity contribution < 1.29 is 8.42 Å². The highest BCUT2D eigenvalue weighted by Crippen LogP contribution is 2.21. The zero-order valence-electron chi connectivity index (χ0n) is 10.5. The standard InChI is InChI=1S/C13H18N2O2S/c1-11-7-5-6-10-13(11)14-15-18(16,17)12-8-3-2-4-9-12/h2-4,8-9,11,15H,5-7,10H2,1H3/b14-13-/t11-/m1/s1. The van der Waals surface area contributed by atoms with Gasteiger partial charge in [-0.3, -0.25) is 0 Å². The zero-order chi connectivity index (χ0) is 13.0. The van der Waals surface area contributed by atoms with Gasteiger partial charge < -0.3 is 0 Å². The van der Waals surface area contributed by atoms with Gasteiger partial charge in [-0.05, 0) is 37.3 Å². The second-order valence-electron chi connectivity index (χ2n) is 4.66. The quantitative estimate of drug-likeness (QED) is 0.855. The molecule has 1 fully saturated rings. The van der Waals surface area contributed by atoms with E-state index in [1.54, 1.807) is 30.3 Å². The molecule has 1 aromatic carbocycles. The highest BCUT2D eigenvalue weighted by atomic mass is 32.2. The smallest absolute Gasteiger partial charge is 0.200 e. The van der Waals surface area contributed by atoms with Crippen LogP contribution in [-0.4, -0.2) is 14.1 Å². The largest absolute Gasteiger partial charge is 0.276 e. The number of hydrogen-bond donors (Lipinski definition) is 1. The molecule has 98 valence electrons. The third-order valence-electron chi connectivity index (χ3n) is 3.25. The number of nitrogens with zero attached hydrogens (tertiary/aromatic N) is 1. The topological polar surface area (TPSA) is 58.5 Å². The Kier molecular flexibility index (Phi) is 4.01. The van der Waals surface area contributed by atoms with E-state index in [-0.39, 0.29) is 4.90 Å². The van der Waals surface area contributed by atoms with Crippen LogP contribution in [0.4, 0.5) is 0 Å². The van der Waals surface area contributed by atoms with Gasteiger partial charge in [-0.2, -0.15) is 13.5 Å². The number of nitrogens with one attached hydrogen (secondary N) is 1. The Labute approximate surface area is 108 Å². The summed E-state index contributed by atoms with van der Waals surface area (Å²) < 4.78 is 23.9. The molecule has 18 heavy (non-hydrogen) atoms. The molecule has 0 spiro atoms. The van der Waals surface area contributed by atoms with Gasteiger partial charge in [0.05, 0.1) is 4.90 Å². The normalized spacial score (nSPS) is 22.9. The minimum absolute atomic E-state index is 0.248. The van der Waals surface area contributed by atoms with Crippen LogP contribution in [0, 0.1) is 5.92 Å². The van der Waals surface area contributed by atoms with Crippen molar-refractivity contribution in [2.75, 3.05) is 0 Å². The van der Waals surface area contributed by atoms with Crippen LogP contribution >= 0.6 is 0 Å². The molecule has 0 bridgehead atoms. The average molecular weight is 266 g/mol. The first kappa shape index (κ1) is 13.1. The Hall–Kier alpha value is -1.36. The number of rotatable bonds is 3. The van der Waals surface area contributed by atoms with E-state index < -0.39 is 10.0 Å². The van der Waals surface area contributed by atoms with Gasteiger partial charge in [0.25, 0.3) is 10.0 Å². The third-order valence-corrected chi connectivity index (χ3v) is 4.48. The number of sulfonamides is 1. The van der Waals surface area contributed by atoms with Crippen LogP contribution in [0.1, 0.15) is 32.6 Å². The summed E-state index contributed by atoms with van der Waals surface area (Å²) in [5.74, 6) is 0.372. The molecule has 0 unspecified atom stereocenters. The van der Waals surface area contributed by atoms with E-state index in [2.05, 4.69) is 16.9 Å². The molecule has 5 heteroatoms. The molecule has 0 saturated heterocycles. The summed E-state index contributed by atoms with van der Waals surface area (Å²) in [7, 11) is -3.52. The molecule has 0 radical (unpaired) electrons. The molecule has 1 N–H and O–H groups in total. The lowest BCUT2D eigenvalue weighted by molar-refractivity contribution is 0.552. The summed E-state index contributed by atoms with van der Waals surface area (Å²) in [6.07, 6.45) is 4.27. The summed E-state index contributed by atoms with van der Waals surface area (Å²) in [6.45, 7) is 2.09. The van der Waals surface area contributed by atoms with E-state index in [4.69, 9.17) is 0 Å². The van der Waals surface area contributed by atoms with E-state index >= 15 is 0 Å². The van der Waals surface area contributed by atoms with Crippen molar-refractivity contribution >= 4 is 15.7 Å². The maximum absolute atomic E-state index is 12.0. The summed E-state index contributed by atoms with van der Waals surface area (Å²) in [5.41, 5.74) is 0.959. The fraction of sp³-hybridized carbons (Fsp3) is 0.462. The Balaban J connectivity index is 2.12. The van der Waals surface area contributed by atoms with E-state index in [1.165, 1.54) is 6.42 Å². The lowest BCUT2D eigenvalue weighted by atomic mass is 9.89. The number of benzene rings is 1. The van der Waals surface area contributed by atoms with Crippen LogP contribution in [0.3, 0.4) is 0 Å². The van der Waals surface area contributed by atoms with Gasteiger partial charge in [0, 0.05) is 5.71 Å². The van der Waals surface area contributed by atoms with Crippen LogP contribution in [-0.2, 0) is 10.0 Å². The maximum Gasteiger partial charge on any atom is 0.276 e. The SMILES string of the molecule is C[C@@H]1CCCC/C1=N/NS(=O)(=O)c1ccccc1. The van der Waals surface area contributed by atoms with Crippen molar-refractivity contribution in [3.8, 4) is 0 Å². The van der Waals surface area contributed by atoms with Gasteiger partial charge in [0.2, 0.25) is 0 Å². The van der Waals surface area contributed by atoms with Crippen molar-refractivity contribution in [2.24, 2.45) is 11.0 Å². The van der Waals surface area contributed by atoms with Crippen molar-refractivity contribution in [3.63, 3.8) is 0 Å². The van der Waals surface area contributed by atoms with Crippen molar-refractivity contribution in [2.45, 2.75) is 37.5 Å². The van der Waals surface area contributed by atoms with Crippen LogP contribution in [0.2, 0.25) is 0 Å². The van der Waals surface area contributed by atoms with Gasteiger partial charge >= 0.3 is 0 Å². The fourth-order valence-corrected chi connectivity index (χ4v) is 2.97. The molecule has 0 amide bonds. The number of hydrazone groups is 1. The second kappa shape index (κ2) is 5.52. The summed E-state index contributed by atoms with van der Waals surface area (Å²) in [6, 6.07) is 8.31. The lowest BCUT2D eigenvalue weighted by Crippen LogP contribution is -2.24. The fourth-order valence-electron chi connectivity index (χ4n) is 2.11. The first-order valence-corrected chi connectivity index (χ1v) is 7.71. The first-order valence-electron chi connectivity index (χ1n) is 6.23. The van der Waals surface area contributed by atoms with Crippen LogP contribution in [0.5, 0.6) is 0 Å². The monoisotopic (exact) mass is 266 g/mol. The van der Waals surface area contributed by atoms with Crippen LogP contribution in [0.25, 0.3) is 0 Å². The van der Waals surface area contributed by atoms with Crippen molar-refractivity contribution in [3.05, 3.63) is 30.3 Å². The van der Waals surface area contributed by atoms with E-state index in [9.17, 15) is 8.42 Å². The van der Waals surface area contributed by atoms with Crippen molar-refractivity contribution in [1.82, 2.24) is 4.83 Å². The Bertz CT molecular complexity index is 523. The molecule has 0 heterocycles. The lowest BCUT2D eigenvalue weighted by Gasteiger charge is -2.19. The molecule has 1 aliphatic rings. The molecule has 2 rings (SSSR count). The zero-order valence-corrected chi connectivity index (χ0v) is 11.3. The average Bonchev–Trinajstić information content (AvgIpc) is 2.39. The van der Waals surface area contributed by atoms with Gasteiger partial charge in [-0.25, -0.2) is 4.83 Å². The summed E-state index contributed by atoms with van der Waals surface area (Å²) in [5, 5.41) is 4.09. The summed E-state index contributed by atoms with van der Waals surface area (Å²) >= 11 is 0.